The molecule has 0 saturated heterocycles. The molecule has 0 atom stereocenters. The Kier molecular flexibility index (Phi) is 11.8. The first kappa shape index (κ1) is 29.4. The van der Waals surface area contributed by atoms with Crippen molar-refractivity contribution >= 4 is 35.8 Å². The summed E-state index contributed by atoms with van der Waals surface area (Å²) < 4.78 is 20.2. The van der Waals surface area contributed by atoms with E-state index in [0.29, 0.717) is 35.4 Å². The van der Waals surface area contributed by atoms with Gasteiger partial charge in [-0.15, -0.1) is 0 Å². The van der Waals surface area contributed by atoms with Gasteiger partial charge in [0.25, 0.3) is 0 Å². The Labute approximate surface area is 220 Å². The summed E-state index contributed by atoms with van der Waals surface area (Å²) in [7, 11) is 0. The Morgan fingerprint density at radius 2 is 1.45 bits per heavy atom. The Balaban J connectivity index is 1.99. The number of carbonyl (C=O) groups excluding carboxylic acids is 4. The molecule has 1 aliphatic rings. The molecule has 0 bridgehead atoms. The second-order valence-electron chi connectivity index (χ2n) is 8.15. The highest BCUT2D eigenvalue weighted by Crippen LogP contribution is 2.20. The van der Waals surface area contributed by atoms with Gasteiger partial charge in [0, 0.05) is 36.4 Å². The van der Waals surface area contributed by atoms with Crippen LogP contribution in [0.5, 0.6) is 0 Å². The Hall–Kier alpha value is -4.85. The number of nitrogen functional groups attached to an aromatic ring is 1. The first-order chi connectivity index (χ1) is 18.1. The zero-order valence-electron chi connectivity index (χ0n) is 21.2. The van der Waals surface area contributed by atoms with Crippen molar-refractivity contribution in [2.45, 2.75) is 26.7 Å². The molecule has 1 aromatic rings. The highest BCUT2D eigenvalue weighted by molar-refractivity contribution is 5.85. The van der Waals surface area contributed by atoms with Crippen molar-refractivity contribution in [3.05, 3.63) is 70.5 Å². The lowest BCUT2D eigenvalue weighted by Gasteiger charge is -2.16. The quantitative estimate of drug-likeness (QED) is 0.190. The van der Waals surface area contributed by atoms with Crippen molar-refractivity contribution in [3.63, 3.8) is 0 Å². The van der Waals surface area contributed by atoms with Crippen LogP contribution in [0.2, 0.25) is 0 Å². The minimum absolute atomic E-state index is 0.00298. The number of amides is 1. The predicted molar refractivity (Wildman–Crippen MR) is 137 cm³/mol. The lowest BCUT2D eigenvalue weighted by molar-refractivity contribution is -0.141. The van der Waals surface area contributed by atoms with E-state index >= 15 is 0 Å². The number of nitrogens with one attached hydrogen (secondary N) is 1. The molecule has 11 heteroatoms. The van der Waals surface area contributed by atoms with Gasteiger partial charge in [0.05, 0.1) is 0 Å². The summed E-state index contributed by atoms with van der Waals surface area (Å²) in [6.07, 6.45) is 7.32. The van der Waals surface area contributed by atoms with Crippen LogP contribution in [0.1, 0.15) is 32.3 Å². The largest absolute Gasteiger partial charge is 0.461 e. The average Bonchev–Trinajstić information content (AvgIpc) is 2.89. The van der Waals surface area contributed by atoms with Crippen LogP contribution < -0.4 is 11.1 Å². The van der Waals surface area contributed by atoms with Crippen molar-refractivity contribution in [1.29, 1.82) is 5.26 Å². The van der Waals surface area contributed by atoms with Gasteiger partial charge in [-0.25, -0.2) is 9.59 Å². The summed E-state index contributed by atoms with van der Waals surface area (Å²) in [6.45, 7) is 2.17. The first-order valence-electron chi connectivity index (χ1n) is 11.6. The van der Waals surface area contributed by atoms with E-state index < -0.39 is 24.0 Å². The molecule has 38 heavy (non-hydrogen) atoms. The predicted octanol–water partition coefficient (Wildman–Crippen LogP) is 3.10. The van der Waals surface area contributed by atoms with Gasteiger partial charge in [-0.2, -0.15) is 5.26 Å². The average molecular weight is 524 g/mol. The van der Waals surface area contributed by atoms with Gasteiger partial charge in [-0.1, -0.05) is 24.3 Å². The van der Waals surface area contributed by atoms with Crippen molar-refractivity contribution < 1.29 is 38.1 Å². The summed E-state index contributed by atoms with van der Waals surface area (Å²) in [6, 6.07) is 8.25. The maximum absolute atomic E-state index is 12.4. The number of nitrogens with two attached hydrogens (primary N) is 1. The van der Waals surface area contributed by atoms with Crippen LogP contribution in [0.4, 0.5) is 10.5 Å². The molecule has 0 aliphatic heterocycles. The molecule has 11 nitrogen and oxygen atoms in total. The molecule has 0 unspecified atom stereocenters. The fourth-order valence-electron chi connectivity index (χ4n) is 3.12. The zero-order chi connectivity index (χ0) is 27.9. The normalized spacial score (nSPS) is 12.6. The number of anilines is 1. The van der Waals surface area contributed by atoms with Gasteiger partial charge in [-0.05, 0) is 48.3 Å². The van der Waals surface area contributed by atoms with Gasteiger partial charge in [0.1, 0.15) is 26.4 Å². The van der Waals surface area contributed by atoms with Gasteiger partial charge >= 0.3 is 24.0 Å². The molecular formula is C27H29N3O8. The maximum Gasteiger partial charge on any atom is 0.411 e. The first-order valence-corrected chi connectivity index (χ1v) is 11.6. The van der Waals surface area contributed by atoms with E-state index in [1.54, 1.807) is 48.6 Å². The minimum Gasteiger partial charge on any atom is -0.461 e. The lowest BCUT2D eigenvalue weighted by Crippen LogP contribution is -2.25. The highest BCUT2D eigenvalue weighted by Gasteiger charge is 2.13. The fraction of sp³-hybridized carbons (Fsp3) is 0.296. The second-order valence-corrected chi connectivity index (χ2v) is 8.15. The smallest absolute Gasteiger partial charge is 0.411 e. The number of nitrogens with zero attached hydrogens (tertiary/aromatic N) is 1. The number of nitriles is 1. The third-order valence-corrected chi connectivity index (χ3v) is 4.93. The van der Waals surface area contributed by atoms with E-state index in [4.69, 9.17) is 29.9 Å². The van der Waals surface area contributed by atoms with Crippen LogP contribution in [0, 0.1) is 11.3 Å². The molecule has 1 aliphatic carbocycles. The number of alkyl carbamates (subject to hydrolysis) is 1. The van der Waals surface area contributed by atoms with Crippen LogP contribution in [0.15, 0.2) is 64.9 Å². The highest BCUT2D eigenvalue weighted by atomic mass is 16.6. The summed E-state index contributed by atoms with van der Waals surface area (Å²) in [5, 5.41) is 11.3. The van der Waals surface area contributed by atoms with E-state index in [9.17, 15) is 19.2 Å². The maximum atomic E-state index is 12.4. The third-order valence-electron chi connectivity index (χ3n) is 4.93. The molecule has 1 amide bonds. The van der Waals surface area contributed by atoms with Gasteiger partial charge in [0.15, 0.2) is 6.07 Å². The third kappa shape index (κ3) is 11.7. The molecule has 3 N–H and O–H groups in total. The number of rotatable bonds is 11. The molecule has 2 rings (SSSR count). The summed E-state index contributed by atoms with van der Waals surface area (Å²) in [5.41, 5.74) is 9.59. The van der Waals surface area contributed by atoms with Crippen molar-refractivity contribution in [3.8, 4) is 6.07 Å². The van der Waals surface area contributed by atoms with Crippen LogP contribution in [-0.4, -0.2) is 50.4 Å². The Bertz CT molecular complexity index is 1180. The Morgan fingerprint density at radius 1 is 0.868 bits per heavy atom. The van der Waals surface area contributed by atoms with E-state index in [1.807, 2.05) is 0 Å². The van der Waals surface area contributed by atoms with Crippen LogP contribution in [-0.2, 0) is 33.3 Å². The monoisotopic (exact) mass is 523 g/mol. The van der Waals surface area contributed by atoms with Crippen molar-refractivity contribution in [1.82, 2.24) is 5.32 Å². The molecular weight excluding hydrogens is 494 g/mol. The van der Waals surface area contributed by atoms with Gasteiger partial charge in [0.2, 0.25) is 0 Å². The van der Waals surface area contributed by atoms with Crippen LogP contribution in [0.25, 0.3) is 6.08 Å². The molecule has 200 valence electrons. The zero-order valence-corrected chi connectivity index (χ0v) is 21.2. The molecule has 0 aromatic heterocycles. The summed E-state index contributed by atoms with van der Waals surface area (Å²) >= 11 is 0. The van der Waals surface area contributed by atoms with Gasteiger partial charge < -0.3 is 24.7 Å². The SMILES string of the molecule is CC(=O)OCC(=CC1=CC=C(NC(=O)OC/C(=C/c2ccc(N)cc2)COC(=O)C#N)CC1)COC(C)=O. The van der Waals surface area contributed by atoms with E-state index in [2.05, 4.69) is 5.32 Å². The van der Waals surface area contributed by atoms with Crippen LogP contribution in [0.3, 0.4) is 0 Å². The number of carbonyl (C=O) groups is 4. The fourth-order valence-corrected chi connectivity index (χ4v) is 3.12. The number of allylic oxidation sites excluding steroid dienone is 5. The number of hydrogen-bond acceptors (Lipinski definition) is 10. The molecule has 0 spiro atoms. The van der Waals surface area contributed by atoms with E-state index in [1.165, 1.54) is 19.9 Å². The number of ether oxygens (including phenoxy) is 4. The molecule has 0 fully saturated rings. The standard InChI is InChI=1S/C27H29N3O8/c1-18(31)35-14-22(15-36-19(2)32)12-21-5-9-25(10-6-21)30-27(34)38-17-23(16-37-26(33)13-28)11-20-3-7-24(29)8-4-20/h3-5,7-9,11-12H,6,10,14-17,29H2,1-2H3,(H,30,34)/b23-11+. The summed E-state index contributed by atoms with van der Waals surface area (Å²) in [4.78, 5) is 45.8. The topological polar surface area (TPSA) is 167 Å². The van der Waals surface area contributed by atoms with E-state index in [0.717, 1.165) is 11.1 Å². The Morgan fingerprint density at radius 3 is 2.00 bits per heavy atom. The molecule has 0 saturated carbocycles. The molecule has 1 aromatic carbocycles. The minimum atomic E-state index is -1.05. The number of benzene rings is 1. The summed E-state index contributed by atoms with van der Waals surface area (Å²) in [5.74, 6) is -1.95. The lowest BCUT2D eigenvalue weighted by atomic mass is 10.0. The number of hydrogen-bond donors (Lipinski definition) is 2. The van der Waals surface area contributed by atoms with Crippen molar-refractivity contribution in [2.75, 3.05) is 32.2 Å². The van der Waals surface area contributed by atoms with Gasteiger partial charge in [-0.3, -0.25) is 14.9 Å². The second kappa shape index (κ2) is 15.3. The van der Waals surface area contributed by atoms with Crippen LogP contribution >= 0.6 is 0 Å². The number of esters is 3. The van der Waals surface area contributed by atoms with E-state index in [-0.39, 0.29) is 26.4 Å². The molecule has 0 radical (unpaired) electrons. The van der Waals surface area contributed by atoms with Crippen molar-refractivity contribution in [2.24, 2.45) is 0 Å². The molecule has 0 heterocycles.